The molecule has 18 heavy (non-hydrogen) atoms. The number of aromatic nitrogens is 1. The Morgan fingerprint density at radius 3 is 2.56 bits per heavy atom. The molecule has 0 saturated heterocycles. The lowest BCUT2D eigenvalue weighted by Crippen LogP contribution is -2.28. The SMILES string of the molecule is N[C@H](C(=O)Nc1ccc(F)cn1)c1ccccc1. The average Bonchev–Trinajstić information content (AvgIpc) is 2.41. The minimum atomic E-state index is -0.780. The molecule has 0 aliphatic carbocycles. The van der Waals surface area contributed by atoms with Gasteiger partial charge in [-0.3, -0.25) is 4.79 Å². The van der Waals surface area contributed by atoms with Crippen molar-refractivity contribution in [1.82, 2.24) is 4.98 Å². The van der Waals surface area contributed by atoms with E-state index in [4.69, 9.17) is 5.73 Å². The lowest BCUT2D eigenvalue weighted by atomic mass is 10.1. The number of halogens is 1. The van der Waals surface area contributed by atoms with Crippen LogP contribution in [0.1, 0.15) is 11.6 Å². The molecule has 5 heteroatoms. The zero-order chi connectivity index (χ0) is 13.0. The van der Waals surface area contributed by atoms with Crippen molar-refractivity contribution in [2.75, 3.05) is 5.32 Å². The number of nitrogens with one attached hydrogen (secondary N) is 1. The van der Waals surface area contributed by atoms with Gasteiger partial charge in [0.15, 0.2) is 0 Å². The number of carbonyl (C=O) groups is 1. The molecule has 2 rings (SSSR count). The molecule has 1 atom stereocenters. The van der Waals surface area contributed by atoms with E-state index in [1.807, 2.05) is 6.07 Å². The van der Waals surface area contributed by atoms with Crippen LogP contribution in [0.5, 0.6) is 0 Å². The molecule has 1 heterocycles. The summed E-state index contributed by atoms with van der Waals surface area (Å²) >= 11 is 0. The summed E-state index contributed by atoms with van der Waals surface area (Å²) in [6.07, 6.45) is 1.03. The molecule has 1 amide bonds. The molecule has 0 aliphatic rings. The summed E-state index contributed by atoms with van der Waals surface area (Å²) < 4.78 is 12.6. The summed E-state index contributed by atoms with van der Waals surface area (Å²) in [5.74, 6) is -0.576. The first-order chi connectivity index (χ1) is 8.66. The Balaban J connectivity index is 2.06. The van der Waals surface area contributed by atoms with Crippen LogP contribution in [0, 0.1) is 5.82 Å². The van der Waals surface area contributed by atoms with Crippen LogP contribution in [0.15, 0.2) is 48.7 Å². The summed E-state index contributed by atoms with van der Waals surface area (Å²) in [7, 11) is 0. The number of hydrogen-bond donors (Lipinski definition) is 2. The van der Waals surface area contributed by atoms with E-state index >= 15 is 0 Å². The number of nitrogens with two attached hydrogens (primary N) is 1. The predicted molar refractivity (Wildman–Crippen MR) is 66.2 cm³/mol. The molecule has 92 valence electrons. The first kappa shape index (κ1) is 12.2. The van der Waals surface area contributed by atoms with Gasteiger partial charge in [0.1, 0.15) is 17.7 Å². The maximum absolute atomic E-state index is 12.6. The van der Waals surface area contributed by atoms with Crippen molar-refractivity contribution in [1.29, 1.82) is 0 Å². The number of anilines is 1. The van der Waals surface area contributed by atoms with Crippen molar-refractivity contribution in [3.63, 3.8) is 0 Å². The van der Waals surface area contributed by atoms with Gasteiger partial charge >= 0.3 is 0 Å². The fourth-order valence-electron chi connectivity index (χ4n) is 1.47. The number of nitrogens with zero attached hydrogens (tertiary/aromatic N) is 1. The van der Waals surface area contributed by atoms with Crippen LogP contribution < -0.4 is 11.1 Å². The summed E-state index contributed by atoms with van der Waals surface area (Å²) in [6.45, 7) is 0. The monoisotopic (exact) mass is 245 g/mol. The van der Waals surface area contributed by atoms with Crippen LogP contribution in [0.4, 0.5) is 10.2 Å². The van der Waals surface area contributed by atoms with Gasteiger partial charge in [0.05, 0.1) is 6.20 Å². The molecule has 2 aromatic rings. The Bertz CT molecular complexity index is 528. The summed E-state index contributed by atoms with van der Waals surface area (Å²) in [5.41, 5.74) is 6.51. The molecule has 4 nitrogen and oxygen atoms in total. The fourth-order valence-corrected chi connectivity index (χ4v) is 1.47. The fraction of sp³-hybridized carbons (Fsp3) is 0.0769. The Morgan fingerprint density at radius 1 is 1.22 bits per heavy atom. The second-order valence-electron chi connectivity index (χ2n) is 3.74. The molecule has 0 fully saturated rings. The number of rotatable bonds is 3. The number of hydrogen-bond acceptors (Lipinski definition) is 3. The Morgan fingerprint density at radius 2 is 1.94 bits per heavy atom. The van der Waals surface area contributed by atoms with E-state index in [0.29, 0.717) is 5.56 Å². The number of amides is 1. The van der Waals surface area contributed by atoms with E-state index in [1.54, 1.807) is 24.3 Å². The smallest absolute Gasteiger partial charge is 0.247 e. The van der Waals surface area contributed by atoms with Crippen LogP contribution >= 0.6 is 0 Å². The first-order valence-electron chi connectivity index (χ1n) is 5.40. The van der Waals surface area contributed by atoms with Gasteiger partial charge in [-0.25, -0.2) is 9.37 Å². The summed E-state index contributed by atoms with van der Waals surface area (Å²) in [6, 6.07) is 10.8. The highest BCUT2D eigenvalue weighted by atomic mass is 19.1. The van der Waals surface area contributed by atoms with E-state index < -0.39 is 11.9 Å². The van der Waals surface area contributed by atoms with Crippen molar-refractivity contribution < 1.29 is 9.18 Å². The number of carbonyl (C=O) groups excluding carboxylic acids is 1. The third kappa shape index (κ3) is 2.89. The topological polar surface area (TPSA) is 68.0 Å². The molecule has 0 spiro atoms. The largest absolute Gasteiger partial charge is 0.316 e. The Kier molecular flexibility index (Phi) is 3.64. The third-order valence-corrected chi connectivity index (χ3v) is 2.42. The molecule has 1 aromatic heterocycles. The van der Waals surface area contributed by atoms with Gasteiger partial charge in [0.2, 0.25) is 5.91 Å². The van der Waals surface area contributed by atoms with E-state index in [0.717, 1.165) is 6.20 Å². The maximum atomic E-state index is 12.6. The van der Waals surface area contributed by atoms with Crippen molar-refractivity contribution in [2.45, 2.75) is 6.04 Å². The predicted octanol–water partition coefficient (Wildman–Crippen LogP) is 1.86. The minimum absolute atomic E-state index is 0.271. The van der Waals surface area contributed by atoms with E-state index in [2.05, 4.69) is 10.3 Å². The van der Waals surface area contributed by atoms with Crippen molar-refractivity contribution in [3.05, 3.63) is 60.0 Å². The highest BCUT2D eigenvalue weighted by molar-refractivity contribution is 5.94. The van der Waals surface area contributed by atoms with Crippen molar-refractivity contribution in [2.24, 2.45) is 5.73 Å². The quantitative estimate of drug-likeness (QED) is 0.867. The minimum Gasteiger partial charge on any atom is -0.316 e. The van der Waals surface area contributed by atoms with Gasteiger partial charge in [-0.2, -0.15) is 0 Å². The third-order valence-electron chi connectivity index (χ3n) is 2.42. The summed E-state index contributed by atoms with van der Waals surface area (Å²) in [5, 5.41) is 2.53. The van der Waals surface area contributed by atoms with Gasteiger partial charge in [0.25, 0.3) is 0 Å². The van der Waals surface area contributed by atoms with Gasteiger partial charge < -0.3 is 11.1 Å². The Hall–Kier alpha value is -2.27. The van der Waals surface area contributed by atoms with Gasteiger partial charge in [-0.15, -0.1) is 0 Å². The first-order valence-corrected chi connectivity index (χ1v) is 5.40. The van der Waals surface area contributed by atoms with Gasteiger partial charge in [-0.05, 0) is 17.7 Å². The molecule has 0 aliphatic heterocycles. The Labute approximate surface area is 104 Å². The molecule has 1 aromatic carbocycles. The molecule has 0 radical (unpaired) electrons. The van der Waals surface area contributed by atoms with E-state index in [9.17, 15) is 9.18 Å². The van der Waals surface area contributed by atoms with Crippen molar-refractivity contribution >= 4 is 11.7 Å². The van der Waals surface area contributed by atoms with E-state index in [-0.39, 0.29) is 11.7 Å². The van der Waals surface area contributed by atoms with Crippen LogP contribution in [-0.2, 0) is 4.79 Å². The van der Waals surface area contributed by atoms with Crippen LogP contribution in [-0.4, -0.2) is 10.9 Å². The normalized spacial score (nSPS) is 11.9. The molecular weight excluding hydrogens is 233 g/mol. The second-order valence-corrected chi connectivity index (χ2v) is 3.74. The number of benzene rings is 1. The molecule has 0 unspecified atom stereocenters. The molecular formula is C13H12FN3O. The average molecular weight is 245 g/mol. The lowest BCUT2D eigenvalue weighted by molar-refractivity contribution is -0.117. The highest BCUT2D eigenvalue weighted by Crippen LogP contribution is 2.12. The zero-order valence-electron chi connectivity index (χ0n) is 9.51. The number of pyridine rings is 1. The second kappa shape index (κ2) is 5.37. The highest BCUT2D eigenvalue weighted by Gasteiger charge is 2.15. The van der Waals surface area contributed by atoms with Gasteiger partial charge in [-0.1, -0.05) is 30.3 Å². The van der Waals surface area contributed by atoms with Gasteiger partial charge in [0, 0.05) is 0 Å². The van der Waals surface area contributed by atoms with Crippen molar-refractivity contribution in [3.8, 4) is 0 Å². The van der Waals surface area contributed by atoms with Crippen LogP contribution in [0.25, 0.3) is 0 Å². The molecule has 0 saturated carbocycles. The zero-order valence-corrected chi connectivity index (χ0v) is 9.51. The molecule has 0 bridgehead atoms. The van der Waals surface area contributed by atoms with Crippen LogP contribution in [0.2, 0.25) is 0 Å². The van der Waals surface area contributed by atoms with Crippen LogP contribution in [0.3, 0.4) is 0 Å². The molecule has 3 N–H and O–H groups in total. The maximum Gasteiger partial charge on any atom is 0.247 e. The standard InChI is InChI=1S/C13H12FN3O/c14-10-6-7-11(16-8-10)17-13(18)12(15)9-4-2-1-3-5-9/h1-8,12H,15H2,(H,16,17,18)/t12-/m0/s1. The summed E-state index contributed by atoms with van der Waals surface area (Å²) in [4.78, 5) is 15.6. The van der Waals surface area contributed by atoms with E-state index in [1.165, 1.54) is 12.1 Å². The lowest BCUT2D eigenvalue weighted by Gasteiger charge is -2.11.